The topological polar surface area (TPSA) is 69.1 Å². The summed E-state index contributed by atoms with van der Waals surface area (Å²) in [6.45, 7) is 1.99. The molecule has 0 atom stereocenters. The Bertz CT molecular complexity index is 675. The van der Waals surface area contributed by atoms with Gasteiger partial charge in [-0.2, -0.15) is 13.2 Å². The highest BCUT2D eigenvalue weighted by molar-refractivity contribution is 5.99. The molecule has 21 heavy (non-hydrogen) atoms. The van der Waals surface area contributed by atoms with Crippen LogP contribution in [0.1, 0.15) is 30.0 Å². The molecular formula is C14H13F3N2O2. The lowest BCUT2D eigenvalue weighted by Gasteiger charge is -2.24. The van der Waals surface area contributed by atoms with Crippen molar-refractivity contribution in [3.8, 4) is 11.3 Å². The van der Waals surface area contributed by atoms with E-state index in [0.29, 0.717) is 5.56 Å². The first kappa shape index (κ1) is 15.1. The third kappa shape index (κ3) is 2.63. The molecule has 0 aliphatic heterocycles. The first-order valence-corrected chi connectivity index (χ1v) is 6.07. The van der Waals surface area contributed by atoms with Crippen LogP contribution in [0.4, 0.5) is 13.2 Å². The molecular weight excluding hydrogens is 285 g/mol. The second-order valence-corrected chi connectivity index (χ2v) is 5.11. The van der Waals surface area contributed by atoms with Crippen molar-refractivity contribution in [2.75, 3.05) is 0 Å². The van der Waals surface area contributed by atoms with Gasteiger partial charge in [-0.25, -0.2) is 0 Å². The summed E-state index contributed by atoms with van der Waals surface area (Å²) in [6.07, 6.45) is -4.48. The minimum atomic E-state index is -4.48. The molecule has 1 aromatic heterocycles. The maximum atomic E-state index is 13.0. The number of aromatic nitrogens is 1. The smallest absolute Gasteiger partial charge is 0.366 e. The Morgan fingerprint density at radius 1 is 1.24 bits per heavy atom. The summed E-state index contributed by atoms with van der Waals surface area (Å²) in [7, 11) is 0. The van der Waals surface area contributed by atoms with Gasteiger partial charge in [0.15, 0.2) is 5.76 Å². The number of rotatable bonds is 3. The van der Waals surface area contributed by atoms with Gasteiger partial charge in [0.2, 0.25) is 5.91 Å². The molecule has 0 unspecified atom stereocenters. The highest BCUT2D eigenvalue weighted by Crippen LogP contribution is 2.41. The van der Waals surface area contributed by atoms with Crippen LogP contribution in [-0.2, 0) is 5.41 Å². The van der Waals surface area contributed by atoms with E-state index in [4.69, 9.17) is 10.3 Å². The molecule has 2 N–H and O–H groups in total. The molecule has 0 saturated carbocycles. The average Bonchev–Trinajstić information content (AvgIpc) is 2.87. The van der Waals surface area contributed by atoms with Crippen LogP contribution in [0.5, 0.6) is 0 Å². The van der Waals surface area contributed by atoms with E-state index in [-0.39, 0.29) is 17.0 Å². The maximum absolute atomic E-state index is 13.0. The van der Waals surface area contributed by atoms with Crippen molar-refractivity contribution in [1.82, 2.24) is 5.16 Å². The van der Waals surface area contributed by atoms with E-state index in [1.54, 1.807) is 18.2 Å². The molecule has 0 fully saturated rings. The number of nitrogens with zero attached hydrogens (tertiary/aromatic N) is 1. The number of hydrogen-bond acceptors (Lipinski definition) is 3. The highest BCUT2D eigenvalue weighted by atomic mass is 19.4. The summed E-state index contributed by atoms with van der Waals surface area (Å²) in [5, 5.41) is 3.63. The van der Waals surface area contributed by atoms with Crippen LogP contribution in [-0.4, -0.2) is 17.2 Å². The van der Waals surface area contributed by atoms with Crippen LogP contribution >= 0.6 is 0 Å². The Kier molecular flexibility index (Phi) is 3.52. The summed E-state index contributed by atoms with van der Waals surface area (Å²) in [6, 6.07) is 7.42. The summed E-state index contributed by atoms with van der Waals surface area (Å²) < 4.78 is 43.8. The third-order valence-electron chi connectivity index (χ3n) is 3.30. The van der Waals surface area contributed by atoms with Crippen LogP contribution in [0.15, 0.2) is 34.9 Å². The third-order valence-corrected chi connectivity index (χ3v) is 3.30. The van der Waals surface area contributed by atoms with E-state index in [2.05, 4.69) is 5.16 Å². The number of carbonyl (C=O) groups excluding carboxylic acids is 1. The van der Waals surface area contributed by atoms with Gasteiger partial charge in [0, 0.05) is 17.2 Å². The quantitative estimate of drug-likeness (QED) is 0.945. The number of amides is 1. The molecule has 2 aromatic rings. The molecule has 1 amide bonds. The number of primary amides is 1. The molecule has 0 radical (unpaired) electrons. The van der Waals surface area contributed by atoms with Gasteiger partial charge in [0.1, 0.15) is 11.1 Å². The SMILES string of the molecule is CC(C)(c1cc(-c2ccccc2C(N)=O)no1)C(F)(F)F. The molecule has 0 bridgehead atoms. The fraction of sp³-hybridized carbons (Fsp3) is 0.286. The Hall–Kier alpha value is -2.31. The number of alkyl halides is 3. The molecule has 7 heteroatoms. The van der Waals surface area contributed by atoms with E-state index >= 15 is 0 Å². The van der Waals surface area contributed by atoms with Crippen molar-refractivity contribution in [3.05, 3.63) is 41.7 Å². The van der Waals surface area contributed by atoms with Gasteiger partial charge in [-0.1, -0.05) is 23.4 Å². The standard InChI is InChI=1S/C14H13F3N2O2/c1-13(2,14(15,16)17)11-7-10(19-21-11)8-5-3-4-6-9(8)12(18)20/h3-7H,1-2H3,(H2,18,20). The largest absolute Gasteiger partial charge is 0.401 e. The predicted molar refractivity (Wildman–Crippen MR) is 69.5 cm³/mol. The minimum Gasteiger partial charge on any atom is -0.366 e. The van der Waals surface area contributed by atoms with Gasteiger partial charge >= 0.3 is 6.18 Å². The van der Waals surface area contributed by atoms with Crippen LogP contribution in [0.3, 0.4) is 0 Å². The van der Waals surface area contributed by atoms with Gasteiger partial charge < -0.3 is 10.3 Å². The van der Waals surface area contributed by atoms with Gasteiger partial charge in [-0.05, 0) is 19.9 Å². The van der Waals surface area contributed by atoms with Crippen molar-refractivity contribution >= 4 is 5.91 Å². The van der Waals surface area contributed by atoms with Crippen LogP contribution in [0, 0.1) is 0 Å². The van der Waals surface area contributed by atoms with E-state index < -0.39 is 17.5 Å². The van der Waals surface area contributed by atoms with E-state index in [0.717, 1.165) is 13.8 Å². The van der Waals surface area contributed by atoms with Gasteiger partial charge in [-0.15, -0.1) is 0 Å². The van der Waals surface area contributed by atoms with E-state index in [9.17, 15) is 18.0 Å². The second kappa shape index (κ2) is 4.91. The minimum absolute atomic E-state index is 0.136. The fourth-order valence-corrected chi connectivity index (χ4v) is 1.76. The number of benzene rings is 1. The zero-order valence-electron chi connectivity index (χ0n) is 11.4. The van der Waals surface area contributed by atoms with Gasteiger partial charge in [0.05, 0.1) is 0 Å². The van der Waals surface area contributed by atoms with Gasteiger partial charge in [0.25, 0.3) is 0 Å². The number of carbonyl (C=O) groups is 1. The summed E-state index contributed by atoms with van der Waals surface area (Å²) >= 11 is 0. The first-order chi connectivity index (χ1) is 9.64. The molecule has 0 aliphatic rings. The Balaban J connectivity index is 2.49. The van der Waals surface area contributed by atoms with Crippen molar-refractivity contribution in [2.24, 2.45) is 5.73 Å². The second-order valence-electron chi connectivity index (χ2n) is 5.11. The lowest BCUT2D eigenvalue weighted by atomic mass is 9.89. The average molecular weight is 298 g/mol. The molecule has 1 heterocycles. The number of halogens is 3. The molecule has 112 valence electrons. The number of hydrogen-bond donors (Lipinski definition) is 1. The lowest BCUT2D eigenvalue weighted by molar-refractivity contribution is -0.185. The summed E-state index contributed by atoms with van der Waals surface area (Å²) in [5.74, 6) is -1.02. The van der Waals surface area contributed by atoms with Crippen LogP contribution in [0.2, 0.25) is 0 Å². The molecule has 0 aliphatic carbocycles. The van der Waals surface area contributed by atoms with E-state index in [1.165, 1.54) is 12.1 Å². The van der Waals surface area contributed by atoms with E-state index in [1.807, 2.05) is 0 Å². The maximum Gasteiger partial charge on any atom is 0.401 e. The lowest BCUT2D eigenvalue weighted by Crippen LogP contribution is -2.35. The predicted octanol–water partition coefficient (Wildman–Crippen LogP) is 3.28. The monoisotopic (exact) mass is 298 g/mol. The highest BCUT2D eigenvalue weighted by Gasteiger charge is 2.51. The molecule has 2 rings (SSSR count). The Morgan fingerprint density at radius 2 is 1.86 bits per heavy atom. The first-order valence-electron chi connectivity index (χ1n) is 6.07. The molecule has 0 saturated heterocycles. The van der Waals surface area contributed by atoms with Crippen molar-refractivity contribution in [3.63, 3.8) is 0 Å². The molecule has 4 nitrogen and oxygen atoms in total. The van der Waals surface area contributed by atoms with Crippen molar-refractivity contribution < 1.29 is 22.5 Å². The Labute approximate surface area is 118 Å². The normalized spacial score (nSPS) is 12.4. The van der Waals surface area contributed by atoms with Gasteiger partial charge in [-0.3, -0.25) is 4.79 Å². The van der Waals surface area contributed by atoms with Crippen molar-refractivity contribution in [1.29, 1.82) is 0 Å². The fourth-order valence-electron chi connectivity index (χ4n) is 1.76. The van der Waals surface area contributed by atoms with Crippen LogP contribution in [0.25, 0.3) is 11.3 Å². The Morgan fingerprint density at radius 3 is 2.43 bits per heavy atom. The molecule has 0 spiro atoms. The zero-order chi connectivity index (χ0) is 15.8. The van der Waals surface area contributed by atoms with Crippen LogP contribution < -0.4 is 5.73 Å². The van der Waals surface area contributed by atoms with Crippen molar-refractivity contribution in [2.45, 2.75) is 25.4 Å². The summed E-state index contributed by atoms with van der Waals surface area (Å²) in [5.41, 5.74) is 3.69. The molecule has 1 aromatic carbocycles. The zero-order valence-corrected chi connectivity index (χ0v) is 11.4. The number of nitrogens with two attached hydrogens (primary N) is 1. The summed E-state index contributed by atoms with van der Waals surface area (Å²) in [4.78, 5) is 11.3.